The van der Waals surface area contributed by atoms with Crippen LogP contribution < -0.4 is 5.32 Å². The van der Waals surface area contributed by atoms with Gasteiger partial charge in [-0.25, -0.2) is 0 Å². The molecular weight excluding hydrogens is 224 g/mol. The van der Waals surface area contributed by atoms with Crippen molar-refractivity contribution in [2.75, 3.05) is 6.54 Å². The Kier molecular flexibility index (Phi) is 5.99. The lowest BCUT2D eigenvalue weighted by Crippen LogP contribution is -2.21. The van der Waals surface area contributed by atoms with Gasteiger partial charge in [0, 0.05) is 12.6 Å². The third-order valence-corrected chi connectivity index (χ3v) is 2.31. The summed E-state index contributed by atoms with van der Waals surface area (Å²) in [5.41, 5.74) is 1.51. The van der Waals surface area contributed by atoms with E-state index in [9.17, 15) is 4.79 Å². The summed E-state index contributed by atoms with van der Waals surface area (Å²) >= 11 is 0. The number of nitrogens with one attached hydrogen (secondary N) is 1. The van der Waals surface area contributed by atoms with Crippen LogP contribution in [0.3, 0.4) is 0 Å². The van der Waals surface area contributed by atoms with Gasteiger partial charge in [-0.3, -0.25) is 4.79 Å². The van der Waals surface area contributed by atoms with E-state index >= 15 is 0 Å². The Morgan fingerprint density at radius 1 is 1.39 bits per heavy atom. The third-order valence-electron chi connectivity index (χ3n) is 2.31. The van der Waals surface area contributed by atoms with Crippen LogP contribution in [-0.2, 0) is 4.79 Å². The monoisotopic (exact) mass is 240 g/mol. The first-order chi connectivity index (χ1) is 8.76. The molecular formula is C15H16N2O. The lowest BCUT2D eigenvalue weighted by molar-refractivity contribution is -0.116. The molecule has 1 rings (SSSR count). The number of nitrogens with zero attached hydrogens (tertiary/aromatic N) is 1. The van der Waals surface area contributed by atoms with Crippen LogP contribution in [0.1, 0.15) is 24.5 Å². The fourth-order valence-corrected chi connectivity index (χ4v) is 1.34. The molecule has 0 heterocycles. The second-order valence-corrected chi connectivity index (χ2v) is 3.72. The van der Waals surface area contributed by atoms with Gasteiger partial charge in [0.05, 0.1) is 11.6 Å². The predicted octanol–water partition coefficient (Wildman–Crippen LogP) is 2.65. The normalized spacial score (nSPS) is 10.7. The summed E-state index contributed by atoms with van der Waals surface area (Å²) in [5, 5.41) is 11.4. The van der Waals surface area contributed by atoms with E-state index in [-0.39, 0.29) is 5.91 Å². The molecule has 0 aliphatic heterocycles. The second kappa shape index (κ2) is 7.86. The van der Waals surface area contributed by atoms with Gasteiger partial charge in [-0.05, 0) is 37.1 Å². The molecule has 1 amide bonds. The Labute approximate surface area is 107 Å². The van der Waals surface area contributed by atoms with E-state index in [2.05, 4.69) is 5.32 Å². The van der Waals surface area contributed by atoms with Gasteiger partial charge in [-0.1, -0.05) is 24.3 Å². The number of benzene rings is 1. The van der Waals surface area contributed by atoms with Crippen LogP contribution >= 0.6 is 0 Å². The quantitative estimate of drug-likeness (QED) is 0.488. The fourth-order valence-electron chi connectivity index (χ4n) is 1.34. The minimum absolute atomic E-state index is 0.108. The maximum absolute atomic E-state index is 11.4. The molecule has 0 saturated heterocycles. The highest BCUT2D eigenvalue weighted by molar-refractivity contribution is 5.91. The lowest BCUT2D eigenvalue weighted by Gasteiger charge is -1.98. The van der Waals surface area contributed by atoms with Crippen LogP contribution in [-0.4, -0.2) is 12.5 Å². The first-order valence-electron chi connectivity index (χ1n) is 5.83. The topological polar surface area (TPSA) is 52.9 Å². The number of hydrogen-bond acceptors (Lipinski definition) is 2. The van der Waals surface area contributed by atoms with Gasteiger partial charge >= 0.3 is 0 Å². The Morgan fingerprint density at radius 2 is 2.11 bits per heavy atom. The fraction of sp³-hybridized carbons (Fsp3) is 0.200. The maximum atomic E-state index is 11.4. The minimum atomic E-state index is -0.108. The third kappa shape index (κ3) is 5.13. The molecule has 0 aliphatic rings. The van der Waals surface area contributed by atoms with Crippen molar-refractivity contribution in [3.63, 3.8) is 0 Å². The van der Waals surface area contributed by atoms with E-state index in [1.807, 2.05) is 37.3 Å². The van der Waals surface area contributed by atoms with Crippen molar-refractivity contribution < 1.29 is 4.79 Å². The van der Waals surface area contributed by atoms with Crippen LogP contribution in [0.5, 0.6) is 0 Å². The van der Waals surface area contributed by atoms with Gasteiger partial charge < -0.3 is 5.32 Å². The zero-order chi connectivity index (χ0) is 13.2. The van der Waals surface area contributed by atoms with E-state index in [4.69, 9.17) is 5.26 Å². The van der Waals surface area contributed by atoms with Crippen LogP contribution in [0.4, 0.5) is 0 Å². The molecule has 92 valence electrons. The molecule has 1 aromatic rings. The van der Waals surface area contributed by atoms with Crippen molar-refractivity contribution in [1.82, 2.24) is 5.32 Å². The van der Waals surface area contributed by atoms with Crippen molar-refractivity contribution in [2.45, 2.75) is 13.3 Å². The van der Waals surface area contributed by atoms with Crippen molar-refractivity contribution in [1.29, 1.82) is 5.26 Å². The van der Waals surface area contributed by atoms with Crippen LogP contribution in [0, 0.1) is 11.3 Å². The van der Waals surface area contributed by atoms with Crippen molar-refractivity contribution >= 4 is 12.0 Å². The maximum Gasteiger partial charge on any atom is 0.244 e. The van der Waals surface area contributed by atoms with E-state index in [1.54, 1.807) is 18.2 Å². The summed E-state index contributed by atoms with van der Waals surface area (Å²) in [6.45, 7) is 2.59. The average Bonchev–Trinajstić information content (AvgIpc) is 2.42. The molecule has 18 heavy (non-hydrogen) atoms. The molecule has 0 spiro atoms. The summed E-state index contributed by atoms with van der Waals surface area (Å²) in [6.07, 6.45) is 8.03. The van der Waals surface area contributed by atoms with Crippen molar-refractivity contribution in [3.8, 4) is 6.07 Å². The number of hydrogen-bond donors (Lipinski definition) is 1. The zero-order valence-corrected chi connectivity index (χ0v) is 10.4. The number of carbonyl (C=O) groups excluding carboxylic acids is 1. The van der Waals surface area contributed by atoms with E-state index < -0.39 is 0 Å². The molecule has 0 saturated carbocycles. The van der Waals surface area contributed by atoms with Gasteiger partial charge in [-0.2, -0.15) is 5.26 Å². The standard InChI is InChI=1S/C15H16N2O/c1-2-3-4-11-17-15(18)10-9-13-5-7-14(12-16)8-6-13/h2-3,5-10H,4,11H2,1H3,(H,17,18)/b3-2+,10-9+. The number of nitriles is 1. The molecule has 0 unspecified atom stereocenters. The van der Waals surface area contributed by atoms with Gasteiger partial charge in [0.2, 0.25) is 5.91 Å². The molecule has 1 aromatic carbocycles. The van der Waals surface area contributed by atoms with E-state index in [0.29, 0.717) is 12.1 Å². The van der Waals surface area contributed by atoms with Crippen LogP contribution in [0.15, 0.2) is 42.5 Å². The number of carbonyl (C=O) groups is 1. The summed E-state index contributed by atoms with van der Waals surface area (Å²) in [6, 6.07) is 9.12. The lowest BCUT2D eigenvalue weighted by atomic mass is 10.1. The van der Waals surface area contributed by atoms with Gasteiger partial charge in [0.25, 0.3) is 0 Å². The molecule has 3 heteroatoms. The summed E-state index contributed by atoms with van der Waals surface area (Å²) in [7, 11) is 0. The first kappa shape index (κ1) is 13.7. The molecule has 0 bridgehead atoms. The molecule has 0 fully saturated rings. The SMILES string of the molecule is C/C=C/CCNC(=O)/C=C/c1ccc(C#N)cc1. The van der Waals surface area contributed by atoms with Crippen molar-refractivity contribution in [3.05, 3.63) is 53.6 Å². The number of allylic oxidation sites excluding steroid dienone is 1. The minimum Gasteiger partial charge on any atom is -0.352 e. The Hall–Kier alpha value is -2.34. The smallest absolute Gasteiger partial charge is 0.244 e. The zero-order valence-electron chi connectivity index (χ0n) is 10.4. The van der Waals surface area contributed by atoms with Gasteiger partial charge in [0.1, 0.15) is 0 Å². The molecule has 0 radical (unpaired) electrons. The highest BCUT2D eigenvalue weighted by Crippen LogP contribution is 2.04. The highest BCUT2D eigenvalue weighted by Gasteiger charge is 1.94. The van der Waals surface area contributed by atoms with Crippen molar-refractivity contribution in [2.24, 2.45) is 0 Å². The highest BCUT2D eigenvalue weighted by atomic mass is 16.1. The Morgan fingerprint density at radius 3 is 2.72 bits per heavy atom. The summed E-state index contributed by atoms with van der Waals surface area (Å²) < 4.78 is 0. The Balaban J connectivity index is 2.43. The molecule has 0 atom stereocenters. The summed E-state index contributed by atoms with van der Waals surface area (Å²) in [4.78, 5) is 11.4. The summed E-state index contributed by atoms with van der Waals surface area (Å²) in [5.74, 6) is -0.108. The van der Waals surface area contributed by atoms with Crippen LogP contribution in [0.2, 0.25) is 0 Å². The molecule has 0 aromatic heterocycles. The number of amides is 1. The van der Waals surface area contributed by atoms with Crippen LogP contribution in [0.25, 0.3) is 6.08 Å². The van der Waals surface area contributed by atoms with E-state index in [1.165, 1.54) is 6.08 Å². The van der Waals surface area contributed by atoms with Gasteiger partial charge in [-0.15, -0.1) is 0 Å². The first-order valence-corrected chi connectivity index (χ1v) is 5.83. The molecule has 3 nitrogen and oxygen atoms in total. The molecule has 0 aliphatic carbocycles. The number of rotatable bonds is 5. The second-order valence-electron chi connectivity index (χ2n) is 3.72. The predicted molar refractivity (Wildman–Crippen MR) is 72.6 cm³/mol. The molecule has 1 N–H and O–H groups in total. The van der Waals surface area contributed by atoms with E-state index in [0.717, 1.165) is 12.0 Å². The Bertz CT molecular complexity index is 478. The van der Waals surface area contributed by atoms with Gasteiger partial charge in [0.15, 0.2) is 0 Å². The largest absolute Gasteiger partial charge is 0.352 e. The average molecular weight is 240 g/mol.